The zero-order chi connectivity index (χ0) is 23.3. The summed E-state index contributed by atoms with van der Waals surface area (Å²) in [6.07, 6.45) is 7.75. The summed E-state index contributed by atoms with van der Waals surface area (Å²) in [5.74, 6) is 0.120. The van der Waals surface area contributed by atoms with E-state index in [0.717, 1.165) is 47.4 Å². The molecule has 0 N–H and O–H groups in total. The second kappa shape index (κ2) is 9.98. The molecule has 0 atom stereocenters. The Kier molecular flexibility index (Phi) is 6.45. The van der Waals surface area contributed by atoms with Crippen LogP contribution in [0.3, 0.4) is 0 Å². The van der Waals surface area contributed by atoms with Gasteiger partial charge in [-0.1, -0.05) is 54.1 Å². The molecule has 0 saturated heterocycles. The normalized spacial score (nSPS) is 11.1. The van der Waals surface area contributed by atoms with Crippen LogP contribution in [0.4, 0.5) is 0 Å². The van der Waals surface area contributed by atoms with Crippen LogP contribution in [0.25, 0.3) is 33.5 Å². The Balaban J connectivity index is 1.45. The van der Waals surface area contributed by atoms with Crippen LogP contribution in [-0.2, 0) is 6.54 Å². The van der Waals surface area contributed by atoms with Gasteiger partial charge in [-0.05, 0) is 43.2 Å². The zero-order valence-corrected chi connectivity index (χ0v) is 19.3. The molecule has 0 unspecified atom stereocenters. The van der Waals surface area contributed by atoms with E-state index in [9.17, 15) is 4.79 Å². The van der Waals surface area contributed by atoms with Crippen molar-refractivity contribution in [2.24, 2.45) is 0 Å². The molecule has 5 nitrogen and oxygen atoms in total. The highest BCUT2D eigenvalue weighted by molar-refractivity contribution is 6.30. The first-order valence-corrected chi connectivity index (χ1v) is 11.7. The van der Waals surface area contributed by atoms with Gasteiger partial charge >= 0.3 is 0 Å². The van der Waals surface area contributed by atoms with Crippen LogP contribution >= 0.6 is 11.6 Å². The Morgan fingerprint density at radius 1 is 0.824 bits per heavy atom. The monoisotopic (exact) mass is 466 g/mol. The SMILES string of the molecule is O=C(CCCCn1ccnc1)c1ccc2nc(-c3cccc(Cl)c3)c(-c3ccccc3)nc2c1. The van der Waals surface area contributed by atoms with Crippen LogP contribution in [0.2, 0.25) is 5.02 Å². The van der Waals surface area contributed by atoms with Gasteiger partial charge in [0.25, 0.3) is 0 Å². The molecule has 2 heterocycles. The minimum Gasteiger partial charge on any atom is -0.337 e. The van der Waals surface area contributed by atoms with E-state index in [-0.39, 0.29) is 5.78 Å². The summed E-state index contributed by atoms with van der Waals surface area (Å²) in [6.45, 7) is 0.864. The fraction of sp³-hybridized carbons (Fsp3) is 0.143. The molecular weight excluding hydrogens is 444 g/mol. The molecule has 0 aliphatic carbocycles. The average Bonchev–Trinajstić information content (AvgIpc) is 3.39. The van der Waals surface area contributed by atoms with E-state index in [1.165, 1.54) is 0 Å². The van der Waals surface area contributed by atoms with Crippen molar-refractivity contribution < 1.29 is 4.79 Å². The van der Waals surface area contributed by atoms with Gasteiger partial charge in [-0.3, -0.25) is 4.79 Å². The summed E-state index contributed by atoms with van der Waals surface area (Å²) < 4.78 is 2.03. The number of carbonyl (C=O) groups is 1. The van der Waals surface area contributed by atoms with Crippen LogP contribution in [0.5, 0.6) is 0 Å². The number of halogens is 1. The lowest BCUT2D eigenvalue weighted by Gasteiger charge is -2.11. The van der Waals surface area contributed by atoms with Crippen molar-refractivity contribution in [3.63, 3.8) is 0 Å². The van der Waals surface area contributed by atoms with E-state index in [1.54, 1.807) is 12.5 Å². The molecule has 2 aromatic heterocycles. The number of fused-ring (bicyclic) bond motifs is 1. The largest absolute Gasteiger partial charge is 0.337 e. The van der Waals surface area contributed by atoms with E-state index in [1.807, 2.05) is 83.6 Å². The molecule has 0 bridgehead atoms. The Labute approximate surface area is 203 Å². The van der Waals surface area contributed by atoms with Crippen molar-refractivity contribution in [3.05, 3.63) is 102 Å². The number of Topliss-reactive ketones (excluding diaryl/α,β-unsaturated/α-hetero) is 1. The Hall–Kier alpha value is -3.83. The molecule has 0 radical (unpaired) electrons. The highest BCUT2D eigenvalue weighted by Crippen LogP contribution is 2.32. The summed E-state index contributed by atoms with van der Waals surface area (Å²) in [7, 11) is 0. The van der Waals surface area contributed by atoms with Gasteiger partial charge in [0.05, 0.1) is 28.7 Å². The van der Waals surface area contributed by atoms with Gasteiger partial charge in [0.15, 0.2) is 5.78 Å². The van der Waals surface area contributed by atoms with Crippen molar-refractivity contribution in [2.75, 3.05) is 0 Å². The van der Waals surface area contributed by atoms with Crippen molar-refractivity contribution in [1.82, 2.24) is 19.5 Å². The fourth-order valence-corrected chi connectivity index (χ4v) is 4.20. The number of imidazole rings is 1. The van der Waals surface area contributed by atoms with E-state index < -0.39 is 0 Å². The maximum atomic E-state index is 12.8. The molecule has 0 aliphatic heterocycles. The fourth-order valence-electron chi connectivity index (χ4n) is 4.01. The number of nitrogens with zero attached hydrogens (tertiary/aromatic N) is 4. The molecule has 0 spiro atoms. The highest BCUT2D eigenvalue weighted by atomic mass is 35.5. The molecule has 6 heteroatoms. The first-order valence-electron chi connectivity index (χ1n) is 11.3. The summed E-state index contributed by atoms with van der Waals surface area (Å²) in [4.78, 5) is 26.8. The Bertz CT molecular complexity index is 1430. The Morgan fingerprint density at radius 2 is 1.62 bits per heavy atom. The zero-order valence-electron chi connectivity index (χ0n) is 18.6. The van der Waals surface area contributed by atoms with Crippen molar-refractivity contribution in [3.8, 4) is 22.5 Å². The lowest BCUT2D eigenvalue weighted by molar-refractivity contribution is 0.0979. The molecular formula is C28H23ClN4O. The summed E-state index contributed by atoms with van der Waals surface area (Å²) in [5.41, 5.74) is 5.50. The van der Waals surface area contributed by atoms with Gasteiger partial charge in [-0.2, -0.15) is 0 Å². The third kappa shape index (κ3) is 4.90. The van der Waals surface area contributed by atoms with Gasteiger partial charge in [-0.15, -0.1) is 0 Å². The van der Waals surface area contributed by atoms with Gasteiger partial charge in [-0.25, -0.2) is 15.0 Å². The number of carbonyl (C=O) groups excluding carboxylic acids is 1. The maximum Gasteiger partial charge on any atom is 0.162 e. The number of hydrogen-bond acceptors (Lipinski definition) is 4. The molecule has 5 aromatic rings. The molecule has 0 saturated carbocycles. The topological polar surface area (TPSA) is 60.7 Å². The van der Waals surface area contributed by atoms with Crippen molar-refractivity contribution in [1.29, 1.82) is 0 Å². The third-order valence-electron chi connectivity index (χ3n) is 5.76. The minimum atomic E-state index is 0.120. The number of benzene rings is 3. The van der Waals surface area contributed by atoms with E-state index >= 15 is 0 Å². The van der Waals surface area contributed by atoms with Crippen molar-refractivity contribution >= 4 is 28.4 Å². The van der Waals surface area contributed by atoms with Crippen molar-refractivity contribution in [2.45, 2.75) is 25.8 Å². The Morgan fingerprint density at radius 3 is 2.41 bits per heavy atom. The van der Waals surface area contributed by atoms with Gasteiger partial charge in [0.2, 0.25) is 0 Å². The van der Waals surface area contributed by atoms with Crippen LogP contribution in [0.1, 0.15) is 29.6 Å². The van der Waals surface area contributed by atoms with E-state index in [0.29, 0.717) is 22.5 Å². The highest BCUT2D eigenvalue weighted by Gasteiger charge is 2.15. The van der Waals surface area contributed by atoms with Gasteiger partial charge in [0.1, 0.15) is 0 Å². The second-order valence-corrected chi connectivity index (χ2v) is 8.62. The number of unbranched alkanes of at least 4 members (excludes halogenated alkanes) is 1. The third-order valence-corrected chi connectivity index (χ3v) is 6.00. The maximum absolute atomic E-state index is 12.8. The van der Waals surface area contributed by atoms with Crippen LogP contribution in [-0.4, -0.2) is 25.3 Å². The van der Waals surface area contributed by atoms with Crippen LogP contribution in [0, 0.1) is 0 Å². The number of aromatic nitrogens is 4. The first-order chi connectivity index (χ1) is 16.7. The molecule has 0 fully saturated rings. The summed E-state index contributed by atoms with van der Waals surface area (Å²) in [5, 5.41) is 0.646. The summed E-state index contributed by atoms with van der Waals surface area (Å²) in [6, 6.07) is 23.2. The minimum absolute atomic E-state index is 0.120. The molecule has 168 valence electrons. The number of rotatable bonds is 8. The lowest BCUT2D eigenvalue weighted by atomic mass is 10.0. The second-order valence-electron chi connectivity index (χ2n) is 8.18. The predicted octanol–water partition coefficient (Wildman–Crippen LogP) is 6.87. The molecule has 3 aromatic carbocycles. The number of hydrogen-bond donors (Lipinski definition) is 0. The lowest BCUT2D eigenvalue weighted by Crippen LogP contribution is -2.02. The van der Waals surface area contributed by atoms with Crippen LogP contribution in [0.15, 0.2) is 91.5 Å². The average molecular weight is 467 g/mol. The summed E-state index contributed by atoms with van der Waals surface area (Å²) >= 11 is 6.26. The van der Waals surface area contributed by atoms with E-state index in [4.69, 9.17) is 21.6 Å². The van der Waals surface area contributed by atoms with Gasteiger partial charge in [0, 0.05) is 47.1 Å². The quantitative estimate of drug-likeness (QED) is 0.185. The van der Waals surface area contributed by atoms with Gasteiger partial charge < -0.3 is 4.57 Å². The molecule has 34 heavy (non-hydrogen) atoms. The van der Waals surface area contributed by atoms with E-state index in [2.05, 4.69) is 4.98 Å². The molecule has 0 aliphatic rings. The number of aryl methyl sites for hydroxylation is 1. The number of ketones is 1. The first kappa shape index (κ1) is 22.0. The van der Waals surface area contributed by atoms with Crippen LogP contribution < -0.4 is 0 Å². The molecule has 0 amide bonds. The predicted molar refractivity (Wildman–Crippen MR) is 136 cm³/mol. The smallest absolute Gasteiger partial charge is 0.162 e. The molecule has 5 rings (SSSR count). The standard InChI is InChI=1S/C28H23ClN4O/c29-23-10-6-9-22(17-23)28-27(20-7-2-1-3-8-20)32-25-18-21(12-13-24(25)31-28)26(34)11-4-5-15-33-16-14-30-19-33/h1-3,6-10,12-14,16-19H,4-5,11,15H2.